The van der Waals surface area contributed by atoms with E-state index in [1.807, 2.05) is 0 Å². The number of carbonyl (C=O) groups excluding carboxylic acids is 3. The zero-order chi connectivity index (χ0) is 59.1. The molecule has 0 spiro atoms. The van der Waals surface area contributed by atoms with Gasteiger partial charge in [0.25, 0.3) is 0 Å². The van der Waals surface area contributed by atoms with Crippen LogP contribution >= 0.6 is 0 Å². The molecule has 0 radical (unpaired) electrons. The number of fused-ring (bicyclic) bond motifs is 1. The van der Waals surface area contributed by atoms with Crippen molar-refractivity contribution in [2.24, 2.45) is 23.7 Å². The second-order valence-electron chi connectivity index (χ2n) is 23.3. The number of aliphatic hydroxyl groups is 15. The molecule has 4 aliphatic heterocycles. The lowest BCUT2D eigenvalue weighted by molar-refractivity contribution is -0.390. The standard InChI is InChI=1S/C54H82O28/c55-26-8-1-23(2-9-26)5-13-39(62)73-20-35-42(65)46(69)49(72)53(80-35)82-51-47(70)44(67)37(21-74-40(63)14-6-24-3-10-27(56)11-4-24)81-54(51)78-34-18-29-32(76-50(34)25-7-12-30(58)31(59)15-25)16-28(57)17-33(29)77-52-48(71)45(68)43(66)36(79-52)22-75-41(64)19-38(60)61/h5-6,13-14,23-37,42-59,65-72H,1-4,7-12,15-22H2,(H,60,61)/p+1/t23?,24?,25?,26?,27?,28?,29?,30?,31?,32?,33?,34?,35-,36-,37-,42-,43-,44-,45+,46+,47+,48-,49-,50?,51-,52-,53+,54-/m1/s1. The summed E-state index contributed by atoms with van der Waals surface area (Å²) < 4.78 is 58.3. The van der Waals surface area contributed by atoms with Crippen LogP contribution in [0.15, 0.2) is 24.3 Å². The van der Waals surface area contributed by atoms with Crippen LogP contribution in [0, 0.1) is 23.7 Å². The normalized spacial score (nSPS) is 45.7. The number of rotatable bonds is 19. The molecule has 15 N–H and O–H groups in total. The molecule has 28 nitrogen and oxygen atoms in total. The molecule has 0 bridgehead atoms. The molecule has 8 aliphatic rings. The summed E-state index contributed by atoms with van der Waals surface area (Å²) in [5, 5.41) is 152. The summed E-state index contributed by atoms with van der Waals surface area (Å²) in [5.41, 5.74) is 0. The second kappa shape index (κ2) is 29.3. The van der Waals surface area contributed by atoms with Crippen LogP contribution in [0.4, 0.5) is 0 Å². The summed E-state index contributed by atoms with van der Waals surface area (Å²) >= 11 is 0. The molecule has 82 heavy (non-hydrogen) atoms. The average molecular weight is 1180 g/mol. The highest BCUT2D eigenvalue weighted by Gasteiger charge is 2.58. The number of hydrogen-bond donors (Lipinski definition) is 14. The largest absolute Gasteiger partial charge is 0.481 e. The van der Waals surface area contributed by atoms with E-state index >= 15 is 0 Å². The van der Waals surface area contributed by atoms with Crippen LogP contribution in [-0.4, -0.2) is 267 Å². The molecule has 0 amide bonds. The van der Waals surface area contributed by atoms with Gasteiger partial charge in [-0.15, -0.1) is 0 Å². The van der Waals surface area contributed by atoms with Crippen LogP contribution in [0.5, 0.6) is 0 Å². The number of hydrogen-bond acceptors (Lipinski definition) is 26. The quantitative estimate of drug-likeness (QED) is 0.0191. The van der Waals surface area contributed by atoms with E-state index in [1.54, 1.807) is 12.2 Å². The minimum atomic E-state index is -2.06. The van der Waals surface area contributed by atoms with Gasteiger partial charge in [-0.1, -0.05) is 12.2 Å². The van der Waals surface area contributed by atoms with Gasteiger partial charge in [0.15, 0.2) is 31.1 Å². The SMILES string of the molecule is O=C(O)CC(=O)OC[C@H]1O[C@@H](OC2CC(O)CC3[OH+]C(C4CCC(O)C(O)C4)C(O[C@@H]4O[C@H](COC(=O)C=CC5CCC(O)CC5)[C@@H](O)[C@H](O)[C@H]4O[C@@H]4O[C@H](COC(=O)C=CC5CCC(O)CC5)[C@@H](O)[C@H](O)[C@H]4O)CC23)[C@H](O)[C@@H](O)[C@@H]1O. The van der Waals surface area contributed by atoms with Crippen molar-refractivity contribution in [3.05, 3.63) is 24.3 Å². The lowest BCUT2D eigenvalue weighted by Gasteiger charge is -2.50. The Morgan fingerprint density at radius 2 is 0.951 bits per heavy atom. The van der Waals surface area contributed by atoms with Gasteiger partial charge in [-0.2, -0.15) is 0 Å². The van der Waals surface area contributed by atoms with Crippen LogP contribution < -0.4 is 0 Å². The number of aliphatic carboxylic acids is 1. The Morgan fingerprint density at radius 3 is 1.48 bits per heavy atom. The van der Waals surface area contributed by atoms with E-state index in [0.29, 0.717) is 57.8 Å². The molecule has 4 saturated carbocycles. The van der Waals surface area contributed by atoms with Gasteiger partial charge in [0.1, 0.15) is 106 Å². The van der Waals surface area contributed by atoms with Gasteiger partial charge in [-0.3, -0.25) is 9.59 Å². The molecule has 4 heterocycles. The fourth-order valence-corrected chi connectivity index (χ4v) is 12.6. The molecule has 0 aromatic heterocycles. The number of aliphatic hydroxyl groups excluding tert-OH is 13. The molecule has 8 rings (SSSR count). The predicted molar refractivity (Wildman–Crippen MR) is 270 cm³/mol. The number of carboxylic acids is 1. The van der Waals surface area contributed by atoms with Crippen molar-refractivity contribution in [2.75, 3.05) is 19.8 Å². The van der Waals surface area contributed by atoms with E-state index in [1.165, 1.54) is 12.2 Å². The molecular formula is C54H83O28+. The highest BCUT2D eigenvalue weighted by Crippen LogP contribution is 2.44. The van der Waals surface area contributed by atoms with Crippen LogP contribution in [0.3, 0.4) is 0 Å². The average Bonchev–Trinajstić information content (AvgIpc) is 2.58. The van der Waals surface area contributed by atoms with Crippen molar-refractivity contribution in [1.82, 2.24) is 0 Å². The smallest absolute Gasteiger partial charge is 0.330 e. The molecule has 0 aromatic rings. The van der Waals surface area contributed by atoms with Crippen LogP contribution in [0.2, 0.25) is 0 Å². The highest BCUT2D eigenvalue weighted by atomic mass is 16.8. The van der Waals surface area contributed by atoms with Crippen molar-refractivity contribution >= 4 is 23.9 Å². The van der Waals surface area contributed by atoms with E-state index < -0.39 is 209 Å². The zero-order valence-electron chi connectivity index (χ0n) is 45.2. The van der Waals surface area contributed by atoms with Gasteiger partial charge in [0.05, 0.1) is 42.5 Å². The van der Waals surface area contributed by atoms with Crippen molar-refractivity contribution < 1.29 is 138 Å². The van der Waals surface area contributed by atoms with E-state index in [9.17, 15) is 85.6 Å². The van der Waals surface area contributed by atoms with Gasteiger partial charge in [0.2, 0.25) is 0 Å². The molecule has 4 aliphatic carbocycles. The monoisotopic (exact) mass is 1180 g/mol. The van der Waals surface area contributed by atoms with E-state index in [-0.39, 0.29) is 43.9 Å². The van der Waals surface area contributed by atoms with Gasteiger partial charge in [-0.25, -0.2) is 9.59 Å². The Balaban J connectivity index is 1.04. The lowest BCUT2D eigenvalue weighted by Crippen LogP contribution is -2.66. The minimum absolute atomic E-state index is 0.00669. The first-order valence-corrected chi connectivity index (χ1v) is 28.6. The Hall–Kier alpha value is -3.44. The third-order valence-electron chi connectivity index (χ3n) is 17.4. The van der Waals surface area contributed by atoms with Crippen LogP contribution in [-0.2, 0) is 61.8 Å². The Bertz CT molecular complexity index is 2140. The number of carbonyl (C=O) groups is 4. The topological polar surface area (TPSA) is 447 Å². The second-order valence-corrected chi connectivity index (χ2v) is 23.3. The summed E-state index contributed by atoms with van der Waals surface area (Å²) in [4.78, 5) is 49.1. The van der Waals surface area contributed by atoms with E-state index in [4.69, 9.17) is 52.5 Å². The molecule has 0 aromatic carbocycles. The van der Waals surface area contributed by atoms with Gasteiger partial charge >= 0.3 is 23.9 Å². The minimum Gasteiger partial charge on any atom is -0.481 e. The summed E-state index contributed by atoms with van der Waals surface area (Å²) in [6.45, 7) is -2.07. The van der Waals surface area contributed by atoms with Crippen LogP contribution in [0.25, 0.3) is 0 Å². The molecule has 4 saturated heterocycles. The molecule has 8 fully saturated rings. The van der Waals surface area contributed by atoms with Gasteiger partial charge in [-0.05, 0) is 88.9 Å². The van der Waals surface area contributed by atoms with Crippen molar-refractivity contribution in [1.29, 1.82) is 0 Å². The van der Waals surface area contributed by atoms with Gasteiger partial charge < -0.3 is 119 Å². The first-order valence-electron chi connectivity index (χ1n) is 28.6. The number of ether oxygens (including phenoxy) is 10. The highest BCUT2D eigenvalue weighted by molar-refractivity contribution is 5.90. The van der Waals surface area contributed by atoms with Gasteiger partial charge in [0, 0.05) is 30.9 Å². The van der Waals surface area contributed by atoms with Crippen molar-refractivity contribution in [2.45, 2.75) is 243 Å². The Kier molecular flexibility index (Phi) is 23.1. The molecule has 28 heteroatoms. The molecule has 9 unspecified atom stereocenters. The maximum Gasteiger partial charge on any atom is 0.330 e. The Labute approximate surface area is 472 Å². The fourth-order valence-electron chi connectivity index (χ4n) is 12.6. The summed E-state index contributed by atoms with van der Waals surface area (Å²) in [5.74, 6) is -5.58. The maximum atomic E-state index is 13.1. The predicted octanol–water partition coefficient (Wildman–Crippen LogP) is -4.52. The number of allylic oxidation sites excluding steroid dienone is 2. The molecule has 466 valence electrons. The summed E-state index contributed by atoms with van der Waals surface area (Å²) in [6, 6.07) is 0. The third-order valence-corrected chi connectivity index (χ3v) is 17.4. The van der Waals surface area contributed by atoms with Crippen LogP contribution in [0.1, 0.15) is 96.3 Å². The molecular weight excluding hydrogens is 1100 g/mol. The van der Waals surface area contributed by atoms with E-state index in [0.717, 1.165) is 0 Å². The maximum absolute atomic E-state index is 13.1. The first kappa shape index (κ1) is 64.6. The summed E-state index contributed by atoms with van der Waals surface area (Å²) in [7, 11) is 0. The fraction of sp³-hybridized carbons (Fsp3) is 0.852. The van der Waals surface area contributed by atoms with E-state index in [2.05, 4.69) is 0 Å². The van der Waals surface area contributed by atoms with Crippen molar-refractivity contribution in [3.63, 3.8) is 0 Å². The number of carboxylic acid groups (broad SMARTS) is 1. The lowest BCUT2D eigenvalue weighted by atomic mass is 9.72. The zero-order valence-corrected chi connectivity index (χ0v) is 45.2. The molecule has 24 atom stereocenters. The Morgan fingerprint density at radius 1 is 0.463 bits per heavy atom. The third kappa shape index (κ3) is 16.5. The number of esters is 3. The van der Waals surface area contributed by atoms with Crippen molar-refractivity contribution in [3.8, 4) is 0 Å². The summed E-state index contributed by atoms with van der Waals surface area (Å²) in [6.07, 6.45) is -25.7. The first-order chi connectivity index (χ1) is 39.0.